The zero-order valence-corrected chi connectivity index (χ0v) is 11.7. The molecule has 0 spiro atoms. The minimum Gasteiger partial charge on any atom is -0.369 e. The van der Waals surface area contributed by atoms with Crippen LogP contribution in [0.4, 0.5) is 10.3 Å². The van der Waals surface area contributed by atoms with Crippen LogP contribution in [0, 0.1) is 24.6 Å². The zero-order chi connectivity index (χ0) is 13.7. The fourth-order valence-electron chi connectivity index (χ4n) is 3.29. The molecule has 3 nitrogen and oxygen atoms in total. The summed E-state index contributed by atoms with van der Waals surface area (Å²) in [5, 5.41) is 0. The third kappa shape index (κ3) is 1.81. The second-order valence-corrected chi connectivity index (χ2v) is 5.91. The van der Waals surface area contributed by atoms with Crippen LogP contribution in [0.2, 0.25) is 0 Å². The van der Waals surface area contributed by atoms with Gasteiger partial charge in [-0.3, -0.25) is 0 Å². The summed E-state index contributed by atoms with van der Waals surface area (Å²) in [6.07, 6.45) is 2.33. The summed E-state index contributed by atoms with van der Waals surface area (Å²) in [4.78, 5) is 4.32. The summed E-state index contributed by atoms with van der Waals surface area (Å²) < 4.78 is 15.7. The van der Waals surface area contributed by atoms with Crippen LogP contribution in [0.5, 0.6) is 0 Å². The number of hydrogen-bond donors (Lipinski definition) is 1. The SMILES string of the molecule is Cc1cc2c(cc1F)nc(N)n2C1CCC(C)C1C. The lowest BCUT2D eigenvalue weighted by atomic mass is 9.97. The van der Waals surface area contributed by atoms with Gasteiger partial charge < -0.3 is 10.3 Å². The molecule has 0 saturated heterocycles. The van der Waals surface area contributed by atoms with E-state index in [4.69, 9.17) is 5.73 Å². The molecule has 1 aliphatic rings. The van der Waals surface area contributed by atoms with E-state index >= 15 is 0 Å². The molecule has 1 heterocycles. The molecule has 3 rings (SSSR count). The van der Waals surface area contributed by atoms with Gasteiger partial charge in [0.1, 0.15) is 5.82 Å². The average Bonchev–Trinajstić information content (AvgIpc) is 2.82. The van der Waals surface area contributed by atoms with Crippen molar-refractivity contribution in [3.05, 3.63) is 23.5 Å². The normalized spacial score (nSPS) is 27.3. The van der Waals surface area contributed by atoms with E-state index in [2.05, 4.69) is 23.4 Å². The number of benzene rings is 1. The van der Waals surface area contributed by atoms with Crippen molar-refractivity contribution >= 4 is 17.0 Å². The monoisotopic (exact) mass is 261 g/mol. The topological polar surface area (TPSA) is 43.8 Å². The van der Waals surface area contributed by atoms with E-state index in [0.717, 1.165) is 11.9 Å². The lowest BCUT2D eigenvalue weighted by Gasteiger charge is -2.21. The molecule has 2 N–H and O–H groups in total. The van der Waals surface area contributed by atoms with E-state index < -0.39 is 0 Å². The molecular formula is C15H20FN3. The van der Waals surface area contributed by atoms with Gasteiger partial charge in [0, 0.05) is 12.1 Å². The third-order valence-corrected chi connectivity index (χ3v) is 4.75. The molecule has 1 fully saturated rings. The van der Waals surface area contributed by atoms with Crippen LogP contribution in [-0.2, 0) is 0 Å². The molecule has 0 aliphatic heterocycles. The van der Waals surface area contributed by atoms with E-state index in [9.17, 15) is 4.39 Å². The van der Waals surface area contributed by atoms with Crippen molar-refractivity contribution in [1.29, 1.82) is 0 Å². The molecule has 19 heavy (non-hydrogen) atoms. The molecule has 4 heteroatoms. The first-order valence-corrected chi connectivity index (χ1v) is 6.92. The summed E-state index contributed by atoms with van der Waals surface area (Å²) in [5.74, 6) is 1.56. The Bertz CT molecular complexity index is 632. The van der Waals surface area contributed by atoms with Crippen LogP contribution in [0.1, 0.15) is 38.3 Å². The molecular weight excluding hydrogens is 241 g/mol. The lowest BCUT2D eigenvalue weighted by molar-refractivity contribution is 0.361. The van der Waals surface area contributed by atoms with Crippen molar-refractivity contribution in [2.75, 3.05) is 5.73 Å². The molecule has 1 aliphatic carbocycles. The van der Waals surface area contributed by atoms with Crippen molar-refractivity contribution in [1.82, 2.24) is 9.55 Å². The number of imidazole rings is 1. The van der Waals surface area contributed by atoms with Gasteiger partial charge in [-0.05, 0) is 43.2 Å². The van der Waals surface area contributed by atoms with Gasteiger partial charge >= 0.3 is 0 Å². The quantitative estimate of drug-likeness (QED) is 0.851. The smallest absolute Gasteiger partial charge is 0.201 e. The van der Waals surface area contributed by atoms with Crippen molar-refractivity contribution in [2.45, 2.75) is 39.7 Å². The Balaban J connectivity index is 2.18. The van der Waals surface area contributed by atoms with Crippen molar-refractivity contribution in [3.63, 3.8) is 0 Å². The van der Waals surface area contributed by atoms with E-state index in [-0.39, 0.29) is 5.82 Å². The predicted octanol–water partition coefficient (Wildman–Crippen LogP) is 3.67. The molecule has 102 valence electrons. The summed E-state index contributed by atoms with van der Waals surface area (Å²) in [7, 11) is 0. The number of nitrogens with two attached hydrogens (primary N) is 1. The summed E-state index contributed by atoms with van der Waals surface area (Å²) in [5.41, 5.74) is 8.34. The van der Waals surface area contributed by atoms with Crippen LogP contribution in [0.3, 0.4) is 0 Å². The second kappa shape index (κ2) is 4.22. The third-order valence-electron chi connectivity index (χ3n) is 4.75. The molecule has 0 amide bonds. The number of aryl methyl sites for hydroxylation is 1. The first kappa shape index (κ1) is 12.5. The Kier molecular flexibility index (Phi) is 2.77. The number of rotatable bonds is 1. The summed E-state index contributed by atoms with van der Waals surface area (Å²) in [6.45, 7) is 6.33. The van der Waals surface area contributed by atoms with Crippen LogP contribution in [0.25, 0.3) is 11.0 Å². The van der Waals surface area contributed by atoms with Crippen molar-refractivity contribution in [2.24, 2.45) is 11.8 Å². The van der Waals surface area contributed by atoms with E-state index in [1.165, 1.54) is 12.5 Å². The molecule has 2 aromatic rings. The van der Waals surface area contributed by atoms with Gasteiger partial charge in [-0.15, -0.1) is 0 Å². The molecule has 0 radical (unpaired) electrons. The summed E-state index contributed by atoms with van der Waals surface area (Å²) in [6, 6.07) is 3.73. The molecule has 3 unspecified atom stereocenters. The minimum atomic E-state index is -0.218. The number of halogens is 1. The van der Waals surface area contributed by atoms with Gasteiger partial charge in [0.2, 0.25) is 5.95 Å². The highest BCUT2D eigenvalue weighted by molar-refractivity contribution is 5.79. The minimum absolute atomic E-state index is 0.218. The second-order valence-electron chi connectivity index (χ2n) is 5.91. The fraction of sp³-hybridized carbons (Fsp3) is 0.533. The average molecular weight is 261 g/mol. The van der Waals surface area contributed by atoms with E-state index in [1.807, 2.05) is 6.07 Å². The number of fused-ring (bicyclic) bond motifs is 1. The fourth-order valence-corrected chi connectivity index (χ4v) is 3.29. The molecule has 1 aromatic carbocycles. The first-order chi connectivity index (χ1) is 8.99. The molecule has 1 saturated carbocycles. The number of hydrogen-bond acceptors (Lipinski definition) is 2. The Hall–Kier alpha value is -1.58. The van der Waals surface area contributed by atoms with E-state index in [0.29, 0.717) is 34.9 Å². The molecule has 1 aromatic heterocycles. The number of anilines is 1. The molecule has 0 bridgehead atoms. The largest absolute Gasteiger partial charge is 0.369 e. The maximum absolute atomic E-state index is 13.6. The Morgan fingerprint density at radius 3 is 2.68 bits per heavy atom. The Labute approximate surface area is 112 Å². The maximum atomic E-state index is 13.6. The van der Waals surface area contributed by atoms with E-state index in [1.54, 1.807) is 6.92 Å². The first-order valence-electron chi connectivity index (χ1n) is 6.92. The highest BCUT2D eigenvalue weighted by atomic mass is 19.1. The van der Waals surface area contributed by atoms with Crippen molar-refractivity contribution < 1.29 is 4.39 Å². The predicted molar refractivity (Wildman–Crippen MR) is 75.4 cm³/mol. The molecule has 3 atom stereocenters. The van der Waals surface area contributed by atoms with Gasteiger partial charge in [-0.2, -0.15) is 0 Å². The van der Waals surface area contributed by atoms with Gasteiger partial charge in [-0.25, -0.2) is 9.37 Å². The van der Waals surface area contributed by atoms with Crippen LogP contribution in [0.15, 0.2) is 12.1 Å². The number of aromatic nitrogens is 2. The number of nitrogens with zero attached hydrogens (tertiary/aromatic N) is 2. The number of nitrogen functional groups attached to an aromatic ring is 1. The van der Waals surface area contributed by atoms with Gasteiger partial charge in [0.25, 0.3) is 0 Å². The Morgan fingerprint density at radius 1 is 1.32 bits per heavy atom. The highest BCUT2D eigenvalue weighted by Gasteiger charge is 2.33. The van der Waals surface area contributed by atoms with Gasteiger partial charge in [0.15, 0.2) is 0 Å². The lowest BCUT2D eigenvalue weighted by Crippen LogP contribution is -2.16. The van der Waals surface area contributed by atoms with Crippen LogP contribution >= 0.6 is 0 Å². The van der Waals surface area contributed by atoms with Crippen molar-refractivity contribution in [3.8, 4) is 0 Å². The van der Waals surface area contributed by atoms with Gasteiger partial charge in [0.05, 0.1) is 11.0 Å². The maximum Gasteiger partial charge on any atom is 0.201 e. The zero-order valence-electron chi connectivity index (χ0n) is 11.7. The standard InChI is InChI=1S/C15H20FN3/c1-8-4-5-13(10(8)3)19-14-6-9(2)11(16)7-12(14)18-15(19)17/h6-8,10,13H,4-5H2,1-3H3,(H2,17,18). The Morgan fingerprint density at radius 2 is 2.05 bits per heavy atom. The highest BCUT2D eigenvalue weighted by Crippen LogP contribution is 2.42. The van der Waals surface area contributed by atoms with Crippen LogP contribution in [-0.4, -0.2) is 9.55 Å². The van der Waals surface area contributed by atoms with Crippen LogP contribution < -0.4 is 5.73 Å². The van der Waals surface area contributed by atoms with Gasteiger partial charge in [-0.1, -0.05) is 13.8 Å². The summed E-state index contributed by atoms with van der Waals surface area (Å²) >= 11 is 0.